The minimum absolute atomic E-state index is 0.258. The molecule has 2 aliphatic rings. The molecule has 2 aliphatic heterocycles. The molecule has 13 heavy (non-hydrogen) atoms. The second-order valence-electron chi connectivity index (χ2n) is 3.70. The lowest BCUT2D eigenvalue weighted by molar-refractivity contribution is -0.224. The third-order valence-electron chi connectivity index (χ3n) is 2.52. The van der Waals surface area contributed by atoms with Crippen LogP contribution in [0.25, 0.3) is 0 Å². The topological polar surface area (TPSA) is 65.0 Å². The van der Waals surface area contributed by atoms with E-state index in [-0.39, 0.29) is 12.5 Å². The fourth-order valence-electron chi connectivity index (χ4n) is 1.96. The van der Waals surface area contributed by atoms with E-state index in [0.29, 0.717) is 0 Å². The Morgan fingerprint density at radius 1 is 1.62 bits per heavy atom. The monoisotopic (exact) mass is 188 g/mol. The van der Waals surface area contributed by atoms with Crippen molar-refractivity contribution in [3.63, 3.8) is 0 Å². The summed E-state index contributed by atoms with van der Waals surface area (Å²) in [4.78, 5) is 10.9. The van der Waals surface area contributed by atoms with Gasteiger partial charge in [0.05, 0.1) is 6.10 Å². The summed E-state index contributed by atoms with van der Waals surface area (Å²) in [5.41, 5.74) is -0.742. The van der Waals surface area contributed by atoms with E-state index >= 15 is 0 Å². The van der Waals surface area contributed by atoms with E-state index in [9.17, 15) is 9.90 Å². The molecule has 0 unspecified atom stereocenters. The normalized spacial score (nSPS) is 49.5. The average Bonchev–Trinajstić information content (AvgIpc) is 2.23. The van der Waals surface area contributed by atoms with Gasteiger partial charge in [-0.05, 0) is 13.8 Å². The van der Waals surface area contributed by atoms with Gasteiger partial charge in [0.1, 0.15) is 0 Å². The van der Waals surface area contributed by atoms with E-state index in [4.69, 9.17) is 14.2 Å². The predicted octanol–water partition coefficient (Wildman–Crippen LogP) is 0.408. The Hall–Kier alpha value is -0.810. The number of aliphatic hydroxyl groups is 1. The Balaban J connectivity index is 2.23. The number of hydrogen-bond donors (Lipinski definition) is 1. The van der Waals surface area contributed by atoms with Crippen LogP contribution in [0.3, 0.4) is 0 Å². The Morgan fingerprint density at radius 3 is 3.00 bits per heavy atom. The van der Waals surface area contributed by atoms with Gasteiger partial charge in [0.15, 0.2) is 18.0 Å². The number of fused-ring (bicyclic) bond motifs is 1. The summed E-state index contributed by atoms with van der Waals surface area (Å²) in [5.74, 6) is 0. The van der Waals surface area contributed by atoms with Crippen LogP contribution < -0.4 is 0 Å². The van der Waals surface area contributed by atoms with Gasteiger partial charge in [-0.25, -0.2) is 4.79 Å². The van der Waals surface area contributed by atoms with Crippen LogP contribution in [0.1, 0.15) is 20.3 Å². The SMILES string of the molecule is C[C@H]1O[C@H](O)C[C@]2(C)OC(=O)O[C@H]12. The fourth-order valence-corrected chi connectivity index (χ4v) is 1.96. The molecule has 2 saturated heterocycles. The van der Waals surface area contributed by atoms with Gasteiger partial charge in [-0.1, -0.05) is 0 Å². The van der Waals surface area contributed by atoms with Crippen molar-refractivity contribution in [3.8, 4) is 0 Å². The van der Waals surface area contributed by atoms with Crippen molar-refractivity contribution in [2.24, 2.45) is 0 Å². The number of carbonyl (C=O) groups excluding carboxylic acids is 1. The third kappa shape index (κ3) is 1.28. The van der Waals surface area contributed by atoms with Crippen LogP contribution in [0.15, 0.2) is 0 Å². The fraction of sp³-hybridized carbons (Fsp3) is 0.875. The summed E-state index contributed by atoms with van der Waals surface area (Å²) in [7, 11) is 0. The van der Waals surface area contributed by atoms with Crippen molar-refractivity contribution < 1.29 is 24.1 Å². The van der Waals surface area contributed by atoms with Crippen molar-refractivity contribution in [2.45, 2.75) is 44.4 Å². The minimum Gasteiger partial charge on any atom is -0.424 e. The number of ether oxygens (including phenoxy) is 3. The summed E-state index contributed by atoms with van der Waals surface area (Å²) >= 11 is 0. The smallest absolute Gasteiger partial charge is 0.424 e. The van der Waals surface area contributed by atoms with E-state index in [1.165, 1.54) is 0 Å². The molecule has 5 nitrogen and oxygen atoms in total. The molecule has 0 bridgehead atoms. The van der Waals surface area contributed by atoms with Gasteiger partial charge in [0.2, 0.25) is 0 Å². The first-order valence-electron chi connectivity index (χ1n) is 4.24. The van der Waals surface area contributed by atoms with Crippen LogP contribution in [0, 0.1) is 0 Å². The molecule has 0 radical (unpaired) electrons. The van der Waals surface area contributed by atoms with Gasteiger partial charge in [-0.2, -0.15) is 0 Å². The molecule has 74 valence electrons. The maximum absolute atomic E-state index is 10.9. The zero-order valence-electron chi connectivity index (χ0n) is 7.52. The van der Waals surface area contributed by atoms with Crippen LogP contribution in [0.4, 0.5) is 4.79 Å². The molecule has 0 spiro atoms. The largest absolute Gasteiger partial charge is 0.509 e. The molecule has 0 aromatic carbocycles. The highest BCUT2D eigenvalue weighted by Crippen LogP contribution is 2.38. The summed E-state index contributed by atoms with van der Waals surface area (Å²) in [6.07, 6.45) is -2.06. The van der Waals surface area contributed by atoms with Gasteiger partial charge in [-0.3, -0.25) is 0 Å². The van der Waals surface area contributed by atoms with E-state index in [2.05, 4.69) is 0 Å². The lowest BCUT2D eigenvalue weighted by Crippen LogP contribution is -2.52. The molecule has 1 N–H and O–H groups in total. The molecule has 2 fully saturated rings. The predicted molar refractivity (Wildman–Crippen MR) is 40.9 cm³/mol. The van der Waals surface area contributed by atoms with Gasteiger partial charge in [0, 0.05) is 6.42 Å². The quantitative estimate of drug-likeness (QED) is 0.558. The highest BCUT2D eigenvalue weighted by Gasteiger charge is 2.55. The second kappa shape index (κ2) is 2.59. The summed E-state index contributed by atoms with van der Waals surface area (Å²) in [6, 6.07) is 0. The molecular weight excluding hydrogens is 176 g/mol. The summed E-state index contributed by atoms with van der Waals surface area (Å²) < 4.78 is 15.0. The molecule has 0 amide bonds. The van der Waals surface area contributed by atoms with Crippen molar-refractivity contribution in [1.82, 2.24) is 0 Å². The molecule has 4 atom stereocenters. The van der Waals surface area contributed by atoms with Crippen LogP contribution in [-0.4, -0.2) is 35.4 Å². The van der Waals surface area contributed by atoms with Gasteiger partial charge in [-0.15, -0.1) is 0 Å². The van der Waals surface area contributed by atoms with Crippen molar-refractivity contribution in [1.29, 1.82) is 0 Å². The number of hydrogen-bond acceptors (Lipinski definition) is 5. The molecular formula is C8H12O5. The third-order valence-corrected chi connectivity index (χ3v) is 2.52. The molecule has 2 heterocycles. The maximum Gasteiger partial charge on any atom is 0.509 e. The first-order valence-corrected chi connectivity index (χ1v) is 4.24. The number of carbonyl (C=O) groups is 1. The van der Waals surface area contributed by atoms with E-state index in [1.807, 2.05) is 0 Å². The zero-order valence-corrected chi connectivity index (χ0v) is 7.52. The maximum atomic E-state index is 10.9. The molecule has 0 aromatic rings. The highest BCUT2D eigenvalue weighted by atomic mass is 16.8. The Labute approximate surface area is 75.6 Å². The van der Waals surface area contributed by atoms with Gasteiger partial charge in [0.25, 0.3) is 0 Å². The van der Waals surface area contributed by atoms with E-state index in [1.54, 1.807) is 13.8 Å². The summed E-state index contributed by atoms with van der Waals surface area (Å²) in [6.45, 7) is 3.48. The van der Waals surface area contributed by atoms with Crippen LogP contribution in [0.2, 0.25) is 0 Å². The lowest BCUT2D eigenvalue weighted by atomic mass is 9.89. The highest BCUT2D eigenvalue weighted by molar-refractivity contribution is 5.63. The Morgan fingerprint density at radius 2 is 2.31 bits per heavy atom. The van der Waals surface area contributed by atoms with Crippen molar-refractivity contribution >= 4 is 6.16 Å². The molecule has 0 aliphatic carbocycles. The zero-order chi connectivity index (χ0) is 9.64. The second-order valence-corrected chi connectivity index (χ2v) is 3.70. The van der Waals surface area contributed by atoms with Crippen molar-refractivity contribution in [2.75, 3.05) is 0 Å². The number of aliphatic hydroxyl groups excluding tert-OH is 1. The lowest BCUT2D eigenvalue weighted by Gasteiger charge is -2.37. The van der Waals surface area contributed by atoms with Crippen LogP contribution >= 0.6 is 0 Å². The molecule has 2 rings (SSSR count). The average molecular weight is 188 g/mol. The standard InChI is InChI=1S/C8H12O5/c1-4-6-8(2,3-5(9)11-4)13-7(10)12-6/h4-6,9H,3H2,1-2H3/t4-,5+,6-,8+/m1/s1. The number of rotatable bonds is 0. The van der Waals surface area contributed by atoms with Crippen LogP contribution in [-0.2, 0) is 14.2 Å². The van der Waals surface area contributed by atoms with E-state index in [0.717, 1.165) is 0 Å². The molecule has 0 saturated carbocycles. The van der Waals surface area contributed by atoms with Gasteiger partial charge < -0.3 is 19.3 Å². The van der Waals surface area contributed by atoms with Gasteiger partial charge >= 0.3 is 6.16 Å². The summed E-state index contributed by atoms with van der Waals surface area (Å²) in [5, 5.41) is 9.31. The first-order chi connectivity index (χ1) is 6.01. The molecule has 0 aromatic heterocycles. The Bertz CT molecular complexity index is 241. The van der Waals surface area contributed by atoms with Crippen molar-refractivity contribution in [3.05, 3.63) is 0 Å². The molecule has 5 heteroatoms. The Kier molecular flexibility index (Phi) is 1.75. The first kappa shape index (κ1) is 8.77. The van der Waals surface area contributed by atoms with E-state index < -0.39 is 24.2 Å². The van der Waals surface area contributed by atoms with Crippen LogP contribution in [0.5, 0.6) is 0 Å². The minimum atomic E-state index is -0.884.